The minimum atomic E-state index is -3.52. The van der Waals surface area contributed by atoms with Gasteiger partial charge in [0.15, 0.2) is 21.3 Å². The molecule has 10 nitrogen and oxygen atoms in total. The Balaban J connectivity index is 1.91. The Morgan fingerprint density at radius 1 is 0.970 bits per heavy atom. The summed E-state index contributed by atoms with van der Waals surface area (Å²) in [6.07, 6.45) is 1.09. The smallest absolute Gasteiger partial charge is 0.322 e. The molecule has 0 aliphatic heterocycles. The number of nitrogens with one attached hydrogen (secondary N) is 1. The van der Waals surface area contributed by atoms with Gasteiger partial charge in [-0.25, -0.2) is 8.42 Å². The highest BCUT2D eigenvalue weighted by Crippen LogP contribution is 2.39. The Morgan fingerprint density at radius 3 is 2.15 bits per heavy atom. The van der Waals surface area contributed by atoms with E-state index in [4.69, 9.17) is 18.6 Å². The van der Waals surface area contributed by atoms with E-state index in [1.165, 1.54) is 18.2 Å². The molecular formula is C22H25N3O7S. The molecule has 0 aliphatic carbocycles. The Labute approximate surface area is 191 Å². The molecule has 0 atom stereocenters. The van der Waals surface area contributed by atoms with Gasteiger partial charge in [0.05, 0.1) is 30.3 Å². The summed E-state index contributed by atoms with van der Waals surface area (Å²) >= 11 is 0. The van der Waals surface area contributed by atoms with Crippen LogP contribution in [0.2, 0.25) is 0 Å². The first kappa shape index (κ1) is 24.1. The molecule has 0 fully saturated rings. The fourth-order valence-electron chi connectivity index (χ4n) is 3.04. The minimum Gasteiger partial charge on any atom is -0.490 e. The summed E-state index contributed by atoms with van der Waals surface area (Å²) < 4.78 is 46.5. The van der Waals surface area contributed by atoms with Crippen LogP contribution < -0.4 is 19.5 Å². The maximum Gasteiger partial charge on any atom is 0.322 e. The molecule has 0 radical (unpaired) electrons. The number of rotatable bonds is 10. The Hall–Kier alpha value is -3.60. The highest BCUT2D eigenvalue weighted by Gasteiger charge is 2.22. The van der Waals surface area contributed by atoms with Gasteiger partial charge in [0.1, 0.15) is 0 Å². The molecule has 0 saturated carbocycles. The molecule has 33 heavy (non-hydrogen) atoms. The lowest BCUT2D eigenvalue weighted by Crippen LogP contribution is -2.13. The van der Waals surface area contributed by atoms with Gasteiger partial charge in [-0.1, -0.05) is 17.2 Å². The lowest BCUT2D eigenvalue weighted by molar-refractivity contribution is 0.102. The molecule has 1 N–H and O–H groups in total. The third-order valence-electron chi connectivity index (χ3n) is 4.33. The second-order valence-electron chi connectivity index (χ2n) is 6.74. The SMILES string of the molecule is CCOc1cc(C(=O)Nc2nnc(-c3ccccc3S(C)(=O)=O)o2)cc(OCC)c1OCC. The van der Waals surface area contributed by atoms with E-state index >= 15 is 0 Å². The van der Waals surface area contributed by atoms with Crippen LogP contribution in [0.4, 0.5) is 6.01 Å². The van der Waals surface area contributed by atoms with Crippen LogP contribution in [0.15, 0.2) is 45.7 Å². The van der Waals surface area contributed by atoms with Gasteiger partial charge in [-0.3, -0.25) is 10.1 Å². The van der Waals surface area contributed by atoms with E-state index in [1.807, 2.05) is 20.8 Å². The highest BCUT2D eigenvalue weighted by molar-refractivity contribution is 7.90. The molecule has 1 aromatic heterocycles. The van der Waals surface area contributed by atoms with Gasteiger partial charge < -0.3 is 18.6 Å². The maximum atomic E-state index is 12.9. The highest BCUT2D eigenvalue weighted by atomic mass is 32.2. The molecule has 0 saturated heterocycles. The number of amides is 1. The maximum absolute atomic E-state index is 12.9. The van der Waals surface area contributed by atoms with Gasteiger partial charge in [-0.15, -0.1) is 5.10 Å². The zero-order valence-corrected chi connectivity index (χ0v) is 19.6. The van der Waals surface area contributed by atoms with E-state index < -0.39 is 15.7 Å². The lowest BCUT2D eigenvalue weighted by atomic mass is 10.1. The molecule has 3 aromatic rings. The summed E-state index contributed by atoms with van der Waals surface area (Å²) in [4.78, 5) is 12.9. The van der Waals surface area contributed by atoms with Crippen molar-refractivity contribution < 1.29 is 31.8 Å². The van der Waals surface area contributed by atoms with Crippen LogP contribution in [-0.4, -0.2) is 50.6 Å². The van der Waals surface area contributed by atoms with Crippen molar-refractivity contribution in [2.24, 2.45) is 0 Å². The molecule has 0 bridgehead atoms. The first-order valence-electron chi connectivity index (χ1n) is 10.3. The predicted molar refractivity (Wildman–Crippen MR) is 121 cm³/mol. The minimum absolute atomic E-state index is 0.0389. The van der Waals surface area contributed by atoms with Gasteiger partial charge in [0.25, 0.3) is 11.8 Å². The van der Waals surface area contributed by atoms with E-state index in [1.54, 1.807) is 18.2 Å². The first-order valence-corrected chi connectivity index (χ1v) is 12.2. The number of benzene rings is 2. The van der Waals surface area contributed by atoms with Crippen LogP contribution >= 0.6 is 0 Å². The number of anilines is 1. The molecule has 1 amide bonds. The summed E-state index contributed by atoms with van der Waals surface area (Å²) in [6.45, 7) is 6.59. The largest absolute Gasteiger partial charge is 0.490 e. The Kier molecular flexibility index (Phi) is 7.54. The van der Waals surface area contributed by atoms with E-state index in [0.717, 1.165) is 6.26 Å². The summed E-state index contributed by atoms with van der Waals surface area (Å²) in [5.41, 5.74) is 0.466. The molecule has 176 valence electrons. The van der Waals surface area contributed by atoms with Gasteiger partial charge in [-0.05, 0) is 45.0 Å². The summed E-state index contributed by atoms with van der Waals surface area (Å²) in [6, 6.07) is 9.10. The van der Waals surface area contributed by atoms with E-state index in [0.29, 0.717) is 37.1 Å². The van der Waals surface area contributed by atoms with Gasteiger partial charge in [0.2, 0.25) is 5.75 Å². The Bertz CT molecular complexity index is 1210. The van der Waals surface area contributed by atoms with Crippen molar-refractivity contribution in [1.29, 1.82) is 0 Å². The number of carbonyl (C=O) groups excluding carboxylic acids is 1. The summed E-state index contributed by atoms with van der Waals surface area (Å²) in [5.74, 6) is 0.553. The molecule has 0 aliphatic rings. The van der Waals surface area contributed by atoms with Crippen LogP contribution in [0, 0.1) is 0 Å². The average molecular weight is 476 g/mol. The zero-order valence-electron chi connectivity index (χ0n) is 18.7. The normalized spacial score (nSPS) is 11.2. The topological polar surface area (TPSA) is 130 Å². The number of hydrogen-bond donors (Lipinski definition) is 1. The number of ether oxygens (including phenoxy) is 3. The van der Waals surface area contributed by atoms with Gasteiger partial charge in [-0.2, -0.15) is 0 Å². The third-order valence-corrected chi connectivity index (χ3v) is 5.49. The Morgan fingerprint density at radius 2 is 1.58 bits per heavy atom. The van der Waals surface area contributed by atoms with Crippen LogP contribution in [0.3, 0.4) is 0 Å². The average Bonchev–Trinajstić information content (AvgIpc) is 3.24. The van der Waals surface area contributed by atoms with Crippen molar-refractivity contribution in [3.05, 3.63) is 42.0 Å². The second kappa shape index (κ2) is 10.3. The number of carbonyl (C=O) groups is 1. The standard InChI is InChI=1S/C22H25N3O7S/c1-5-29-16-12-14(13-17(30-6-2)19(16)31-7-3)20(26)23-22-25-24-21(32-22)15-10-8-9-11-18(15)33(4,27)28/h8-13H,5-7H2,1-4H3,(H,23,25,26). The van der Waals surface area contributed by atoms with Crippen molar-refractivity contribution in [3.63, 3.8) is 0 Å². The summed E-state index contributed by atoms with van der Waals surface area (Å²) in [7, 11) is -3.52. The fourth-order valence-corrected chi connectivity index (χ4v) is 3.92. The molecule has 0 spiro atoms. The van der Waals surface area contributed by atoms with Gasteiger partial charge in [0, 0.05) is 11.8 Å². The molecule has 0 unspecified atom stereocenters. The van der Waals surface area contributed by atoms with Gasteiger partial charge >= 0.3 is 6.01 Å². The molecule has 11 heteroatoms. The quantitative estimate of drug-likeness (QED) is 0.467. The molecule has 1 heterocycles. The van der Waals surface area contributed by atoms with Crippen molar-refractivity contribution in [2.45, 2.75) is 25.7 Å². The number of hydrogen-bond acceptors (Lipinski definition) is 9. The van der Waals surface area contributed by atoms with Crippen LogP contribution in [-0.2, 0) is 9.84 Å². The van der Waals surface area contributed by atoms with Crippen LogP contribution in [0.1, 0.15) is 31.1 Å². The van der Waals surface area contributed by atoms with Crippen molar-refractivity contribution >= 4 is 21.8 Å². The monoisotopic (exact) mass is 475 g/mol. The number of aromatic nitrogens is 2. The lowest BCUT2D eigenvalue weighted by Gasteiger charge is -2.16. The van der Waals surface area contributed by atoms with Crippen molar-refractivity contribution in [2.75, 3.05) is 31.4 Å². The number of nitrogens with zero attached hydrogens (tertiary/aromatic N) is 2. The van der Waals surface area contributed by atoms with E-state index in [2.05, 4.69) is 15.5 Å². The second-order valence-corrected chi connectivity index (χ2v) is 8.72. The van der Waals surface area contributed by atoms with Crippen LogP contribution in [0.25, 0.3) is 11.5 Å². The third kappa shape index (κ3) is 5.61. The zero-order chi connectivity index (χ0) is 24.0. The van der Waals surface area contributed by atoms with Crippen LogP contribution in [0.5, 0.6) is 17.2 Å². The molecule has 3 rings (SSSR count). The molecule has 2 aromatic carbocycles. The van der Waals surface area contributed by atoms with Crippen molar-refractivity contribution in [3.8, 4) is 28.7 Å². The molecular weight excluding hydrogens is 450 g/mol. The van der Waals surface area contributed by atoms with Crippen molar-refractivity contribution in [1.82, 2.24) is 10.2 Å². The number of sulfone groups is 1. The van der Waals surface area contributed by atoms with E-state index in [9.17, 15) is 13.2 Å². The predicted octanol–water partition coefficient (Wildman–Crippen LogP) is 3.59. The summed E-state index contributed by atoms with van der Waals surface area (Å²) in [5, 5.41) is 10.2. The first-order chi connectivity index (χ1) is 15.8. The van der Waals surface area contributed by atoms with E-state index in [-0.39, 0.29) is 27.9 Å². The fraction of sp³-hybridized carbons (Fsp3) is 0.318.